The largest absolute Gasteiger partial charge is 0.342 e. The molecule has 1 aromatic heterocycles. The van der Waals surface area contributed by atoms with Gasteiger partial charge in [0.15, 0.2) is 5.17 Å². The number of carbonyl (C=O) groups is 1. The molecule has 5 heteroatoms. The van der Waals surface area contributed by atoms with E-state index in [2.05, 4.69) is 72.3 Å². The van der Waals surface area contributed by atoms with Gasteiger partial charge in [0.25, 0.3) is 5.91 Å². The molecule has 0 radical (unpaired) electrons. The minimum absolute atomic E-state index is 0.0269. The molecule has 0 N–H and O–H groups in total. The number of hydrogen-bond donors (Lipinski definition) is 0. The smallest absolute Gasteiger partial charge is 0.267 e. The molecule has 0 saturated carbocycles. The van der Waals surface area contributed by atoms with Gasteiger partial charge in [-0.25, -0.2) is 4.99 Å². The Kier molecular flexibility index (Phi) is 6.67. The number of carbonyl (C=O) groups excluding carboxylic acids is 1. The van der Waals surface area contributed by atoms with Crippen LogP contribution in [-0.2, 0) is 11.3 Å². The predicted molar refractivity (Wildman–Crippen MR) is 158 cm³/mol. The first kappa shape index (κ1) is 24.0. The summed E-state index contributed by atoms with van der Waals surface area (Å²) in [5.41, 5.74) is 5.31. The van der Waals surface area contributed by atoms with E-state index < -0.39 is 0 Å². The zero-order valence-corrected chi connectivity index (χ0v) is 21.9. The van der Waals surface area contributed by atoms with Crippen LogP contribution in [0.3, 0.4) is 0 Å². The van der Waals surface area contributed by atoms with Gasteiger partial charge in [-0.1, -0.05) is 97.1 Å². The highest BCUT2D eigenvalue weighted by molar-refractivity contribution is 8.18. The molecule has 2 heterocycles. The maximum Gasteiger partial charge on any atom is 0.267 e. The van der Waals surface area contributed by atoms with Crippen molar-refractivity contribution >= 4 is 45.5 Å². The summed E-state index contributed by atoms with van der Waals surface area (Å²) in [4.78, 5) is 21.3. The van der Waals surface area contributed by atoms with Crippen LogP contribution in [0.2, 0.25) is 0 Å². The van der Waals surface area contributed by atoms with Gasteiger partial charge in [0.05, 0.1) is 16.6 Å². The lowest BCUT2D eigenvalue weighted by molar-refractivity contribution is -0.123. The molecule has 6 rings (SSSR count). The maximum atomic E-state index is 13.9. The number of benzene rings is 4. The molecule has 1 atom stereocenters. The number of aliphatic imine (C=N–C) groups is 1. The van der Waals surface area contributed by atoms with Gasteiger partial charge in [-0.15, -0.1) is 0 Å². The third-order valence-corrected chi connectivity index (χ3v) is 7.77. The van der Waals surface area contributed by atoms with Crippen molar-refractivity contribution in [2.45, 2.75) is 19.5 Å². The zero-order valence-electron chi connectivity index (χ0n) is 21.1. The highest BCUT2D eigenvalue weighted by Crippen LogP contribution is 2.40. The lowest BCUT2D eigenvalue weighted by Crippen LogP contribution is -2.32. The van der Waals surface area contributed by atoms with E-state index >= 15 is 0 Å². The van der Waals surface area contributed by atoms with Crippen LogP contribution < -0.4 is 0 Å². The molecule has 1 saturated heterocycles. The second kappa shape index (κ2) is 10.6. The Labute approximate surface area is 227 Å². The summed E-state index contributed by atoms with van der Waals surface area (Å²) < 4.78 is 2.25. The Balaban J connectivity index is 1.41. The third kappa shape index (κ3) is 4.81. The van der Waals surface area contributed by atoms with Crippen LogP contribution in [0.5, 0.6) is 0 Å². The summed E-state index contributed by atoms with van der Waals surface area (Å²) >= 11 is 1.44. The second-order valence-corrected chi connectivity index (χ2v) is 10.3. The van der Waals surface area contributed by atoms with Crippen LogP contribution in [0.15, 0.2) is 131 Å². The quantitative estimate of drug-likeness (QED) is 0.215. The van der Waals surface area contributed by atoms with Crippen molar-refractivity contribution < 1.29 is 4.79 Å². The number of aromatic nitrogens is 1. The first-order chi connectivity index (χ1) is 18.7. The summed E-state index contributed by atoms with van der Waals surface area (Å²) in [6.07, 6.45) is 4.17. The van der Waals surface area contributed by atoms with Crippen molar-refractivity contribution in [3.63, 3.8) is 0 Å². The predicted octanol–water partition coefficient (Wildman–Crippen LogP) is 8.05. The van der Waals surface area contributed by atoms with Gasteiger partial charge in [-0.2, -0.15) is 0 Å². The second-order valence-electron chi connectivity index (χ2n) is 9.32. The van der Waals surface area contributed by atoms with Crippen molar-refractivity contribution in [1.29, 1.82) is 0 Å². The van der Waals surface area contributed by atoms with E-state index in [0.717, 1.165) is 34.3 Å². The lowest BCUT2D eigenvalue weighted by Gasteiger charge is -2.24. The van der Waals surface area contributed by atoms with E-state index in [4.69, 9.17) is 4.99 Å². The zero-order chi connectivity index (χ0) is 25.9. The van der Waals surface area contributed by atoms with Gasteiger partial charge >= 0.3 is 0 Å². The molecule has 0 aliphatic carbocycles. The number of para-hydroxylation sites is 2. The molecule has 1 amide bonds. The molecule has 186 valence electrons. The topological polar surface area (TPSA) is 37.6 Å². The summed E-state index contributed by atoms with van der Waals surface area (Å²) in [5.74, 6) is -0.0269. The minimum atomic E-state index is -0.149. The highest BCUT2D eigenvalue weighted by Gasteiger charge is 2.37. The molecule has 1 fully saturated rings. The molecule has 0 bridgehead atoms. The standard InChI is InChI=1S/C33H27N3OS/c1-24(26-15-7-3-8-16-26)36-32(37)31(38-33(36)34-28-17-9-4-10-18-28)21-27-23-35(22-25-13-5-2-6-14-25)30-20-12-11-19-29(27)30/h2-21,23-24H,22H2,1H3/b31-21+,34-33?/t24-/m0/s1. The van der Waals surface area contributed by atoms with Crippen LogP contribution in [0.1, 0.15) is 29.7 Å². The van der Waals surface area contributed by atoms with Gasteiger partial charge in [-0.3, -0.25) is 9.69 Å². The number of thioether (sulfide) groups is 1. The molecule has 0 spiro atoms. The Morgan fingerprint density at radius 2 is 1.45 bits per heavy atom. The molecule has 4 aromatic carbocycles. The van der Waals surface area contributed by atoms with Crippen molar-refractivity contribution in [1.82, 2.24) is 9.47 Å². The van der Waals surface area contributed by atoms with Crippen molar-refractivity contribution in [3.05, 3.63) is 143 Å². The normalized spacial score (nSPS) is 16.6. The van der Waals surface area contributed by atoms with E-state index in [-0.39, 0.29) is 11.9 Å². The lowest BCUT2D eigenvalue weighted by atomic mass is 10.1. The Bertz CT molecular complexity index is 1640. The van der Waals surface area contributed by atoms with Gasteiger partial charge in [0.1, 0.15) is 0 Å². The van der Waals surface area contributed by atoms with Crippen LogP contribution in [0.25, 0.3) is 17.0 Å². The summed E-state index contributed by atoms with van der Waals surface area (Å²) in [6.45, 7) is 2.83. The summed E-state index contributed by atoms with van der Waals surface area (Å²) in [7, 11) is 0. The number of hydrogen-bond acceptors (Lipinski definition) is 3. The van der Waals surface area contributed by atoms with Gasteiger partial charge in [0.2, 0.25) is 0 Å². The number of amides is 1. The molecule has 38 heavy (non-hydrogen) atoms. The first-order valence-corrected chi connectivity index (χ1v) is 13.5. The van der Waals surface area contributed by atoms with E-state index in [0.29, 0.717) is 10.1 Å². The fourth-order valence-electron chi connectivity index (χ4n) is 4.84. The summed E-state index contributed by atoms with van der Waals surface area (Å²) in [5, 5.41) is 1.82. The van der Waals surface area contributed by atoms with Crippen LogP contribution in [0, 0.1) is 0 Å². The average molecular weight is 514 g/mol. The minimum Gasteiger partial charge on any atom is -0.342 e. The van der Waals surface area contributed by atoms with E-state index in [9.17, 15) is 4.79 Å². The molecular formula is C33H27N3OS. The fraction of sp³-hybridized carbons (Fsp3) is 0.0909. The molecule has 5 aromatic rings. The number of rotatable bonds is 6. The first-order valence-electron chi connectivity index (χ1n) is 12.7. The van der Waals surface area contributed by atoms with Crippen molar-refractivity contribution in [2.75, 3.05) is 0 Å². The highest BCUT2D eigenvalue weighted by atomic mass is 32.2. The van der Waals surface area contributed by atoms with E-state index in [1.54, 1.807) is 0 Å². The molecule has 1 aliphatic rings. The van der Waals surface area contributed by atoms with Crippen LogP contribution in [-0.4, -0.2) is 20.5 Å². The van der Waals surface area contributed by atoms with Gasteiger partial charge < -0.3 is 4.57 Å². The molecule has 1 aliphatic heterocycles. The fourth-order valence-corrected chi connectivity index (χ4v) is 5.90. The van der Waals surface area contributed by atoms with Gasteiger partial charge in [0, 0.05) is 29.2 Å². The summed E-state index contributed by atoms with van der Waals surface area (Å²) in [6, 6.07) is 38.6. The van der Waals surface area contributed by atoms with E-state index in [1.165, 1.54) is 17.3 Å². The third-order valence-electron chi connectivity index (χ3n) is 6.79. The number of fused-ring (bicyclic) bond motifs is 1. The van der Waals surface area contributed by atoms with Crippen molar-refractivity contribution in [2.24, 2.45) is 4.99 Å². The SMILES string of the molecule is C[C@@H](c1ccccc1)N1C(=O)/C(=C\c2cn(Cc3ccccc3)c3ccccc23)SC1=Nc1ccccc1. The number of nitrogens with zero attached hydrogens (tertiary/aromatic N) is 3. The Morgan fingerprint density at radius 3 is 2.18 bits per heavy atom. The van der Waals surface area contributed by atoms with Crippen LogP contribution in [0.4, 0.5) is 5.69 Å². The van der Waals surface area contributed by atoms with Gasteiger partial charge in [-0.05, 0) is 54.1 Å². The number of amidine groups is 1. The molecule has 4 nitrogen and oxygen atoms in total. The van der Waals surface area contributed by atoms with Crippen LogP contribution >= 0.6 is 11.8 Å². The molecule has 0 unspecified atom stereocenters. The average Bonchev–Trinajstić information content (AvgIpc) is 3.46. The Morgan fingerprint density at radius 1 is 0.816 bits per heavy atom. The van der Waals surface area contributed by atoms with E-state index in [1.807, 2.05) is 71.6 Å². The monoisotopic (exact) mass is 513 g/mol. The maximum absolute atomic E-state index is 13.9. The molecular weight excluding hydrogens is 486 g/mol. The van der Waals surface area contributed by atoms with Crippen molar-refractivity contribution in [3.8, 4) is 0 Å². The Hall–Kier alpha value is -4.35.